The second kappa shape index (κ2) is 9.64. The highest BCUT2D eigenvalue weighted by Crippen LogP contribution is 2.26. The van der Waals surface area contributed by atoms with Crippen LogP contribution in [0.2, 0.25) is 0 Å². The zero-order chi connectivity index (χ0) is 21.6. The molecule has 1 aromatic heterocycles. The quantitative estimate of drug-likeness (QED) is 0.576. The van der Waals surface area contributed by atoms with Gasteiger partial charge in [-0.2, -0.15) is 4.98 Å². The summed E-state index contributed by atoms with van der Waals surface area (Å²) in [7, 11) is 1.61. The lowest BCUT2D eigenvalue weighted by molar-refractivity contribution is 0.151. The Kier molecular flexibility index (Phi) is 6.50. The van der Waals surface area contributed by atoms with Crippen LogP contribution in [0.25, 0.3) is 11.4 Å². The molecule has 0 atom stereocenters. The number of methoxy groups -OCH3 is 1. The van der Waals surface area contributed by atoms with Crippen molar-refractivity contribution in [2.45, 2.75) is 51.6 Å². The third-order valence-electron chi connectivity index (χ3n) is 5.68. The van der Waals surface area contributed by atoms with Gasteiger partial charge in [-0.05, 0) is 31.9 Å². The molecule has 2 aromatic carbocycles. The summed E-state index contributed by atoms with van der Waals surface area (Å²) in [5.41, 5.74) is 2.76. The topological polar surface area (TPSA) is 80.5 Å². The Morgan fingerprint density at radius 3 is 2.68 bits per heavy atom. The lowest BCUT2D eigenvalue weighted by atomic mass is 9.94. The highest BCUT2D eigenvalue weighted by atomic mass is 16.5. The van der Waals surface area contributed by atoms with E-state index >= 15 is 0 Å². The molecule has 31 heavy (non-hydrogen) atoms. The van der Waals surface area contributed by atoms with Gasteiger partial charge in [-0.15, -0.1) is 0 Å². The average Bonchev–Trinajstić information content (AvgIpc) is 3.27. The predicted octanol–water partition coefficient (Wildman–Crippen LogP) is 5.42. The fraction of sp³-hybridized carbons (Fsp3) is 0.375. The molecule has 1 aliphatic carbocycles. The molecule has 3 aromatic rings. The van der Waals surface area contributed by atoms with Gasteiger partial charge in [-0.1, -0.05) is 60.3 Å². The zero-order valence-corrected chi connectivity index (χ0v) is 18.0. The molecule has 4 rings (SSSR count). The van der Waals surface area contributed by atoms with Gasteiger partial charge in [0.05, 0.1) is 7.11 Å². The number of hydrogen-bond donors (Lipinski definition) is 1. The number of carbonyl (C=O) groups is 1. The number of aryl methyl sites for hydroxylation is 1. The van der Waals surface area contributed by atoms with Crippen molar-refractivity contribution in [3.8, 4) is 17.1 Å². The SMILES string of the molecule is COc1cccc(NC(=O)N(Cc2nc(-c3ccc(C)cc3)no2)C2CCCCC2)c1. The Morgan fingerprint density at radius 2 is 1.94 bits per heavy atom. The van der Waals surface area contributed by atoms with E-state index in [4.69, 9.17) is 9.26 Å². The summed E-state index contributed by atoms with van der Waals surface area (Å²) < 4.78 is 10.8. The number of anilines is 1. The molecular formula is C24H28N4O3. The van der Waals surface area contributed by atoms with Gasteiger partial charge in [0.1, 0.15) is 12.3 Å². The molecule has 1 aliphatic rings. The Balaban J connectivity index is 1.52. The van der Waals surface area contributed by atoms with Crippen LogP contribution in [0.15, 0.2) is 53.1 Å². The van der Waals surface area contributed by atoms with E-state index in [1.54, 1.807) is 13.2 Å². The van der Waals surface area contributed by atoms with E-state index in [0.29, 0.717) is 23.2 Å². The maximum absolute atomic E-state index is 13.2. The van der Waals surface area contributed by atoms with Gasteiger partial charge in [0.15, 0.2) is 0 Å². The molecule has 0 spiro atoms. The van der Waals surface area contributed by atoms with Crippen LogP contribution in [0, 0.1) is 6.92 Å². The van der Waals surface area contributed by atoms with Crippen LogP contribution in [0.1, 0.15) is 43.6 Å². The number of nitrogens with zero attached hydrogens (tertiary/aromatic N) is 3. The van der Waals surface area contributed by atoms with Crippen LogP contribution in [0.4, 0.5) is 10.5 Å². The van der Waals surface area contributed by atoms with Crippen molar-refractivity contribution in [3.63, 3.8) is 0 Å². The Morgan fingerprint density at radius 1 is 1.16 bits per heavy atom. The first-order chi connectivity index (χ1) is 15.1. The third-order valence-corrected chi connectivity index (χ3v) is 5.68. The molecule has 7 nitrogen and oxygen atoms in total. The molecule has 1 heterocycles. The molecule has 0 bridgehead atoms. The molecule has 0 radical (unpaired) electrons. The van der Waals surface area contributed by atoms with E-state index in [1.807, 2.05) is 54.3 Å². The number of benzene rings is 2. The van der Waals surface area contributed by atoms with E-state index in [1.165, 1.54) is 12.0 Å². The maximum atomic E-state index is 13.2. The molecule has 2 amide bonds. The predicted molar refractivity (Wildman–Crippen MR) is 119 cm³/mol. The first-order valence-corrected chi connectivity index (χ1v) is 10.7. The lowest BCUT2D eigenvalue weighted by Gasteiger charge is -2.33. The van der Waals surface area contributed by atoms with Gasteiger partial charge in [0, 0.05) is 23.4 Å². The monoisotopic (exact) mass is 420 g/mol. The molecule has 0 saturated heterocycles. The zero-order valence-electron chi connectivity index (χ0n) is 18.0. The Hall–Kier alpha value is -3.35. The minimum Gasteiger partial charge on any atom is -0.497 e. The third kappa shape index (κ3) is 5.23. The fourth-order valence-electron chi connectivity index (χ4n) is 3.94. The molecule has 1 N–H and O–H groups in total. The summed E-state index contributed by atoms with van der Waals surface area (Å²) in [4.78, 5) is 19.6. The van der Waals surface area contributed by atoms with Crippen LogP contribution in [0.5, 0.6) is 5.75 Å². The highest BCUT2D eigenvalue weighted by molar-refractivity contribution is 5.89. The van der Waals surface area contributed by atoms with Crippen molar-refractivity contribution in [2.24, 2.45) is 0 Å². The molecule has 0 unspecified atom stereocenters. The van der Waals surface area contributed by atoms with Crippen molar-refractivity contribution < 1.29 is 14.1 Å². The maximum Gasteiger partial charge on any atom is 0.322 e. The summed E-state index contributed by atoms with van der Waals surface area (Å²) in [6.45, 7) is 2.31. The number of rotatable bonds is 6. The second-order valence-corrected chi connectivity index (χ2v) is 7.96. The normalized spacial score (nSPS) is 14.3. The van der Waals surface area contributed by atoms with Crippen LogP contribution in [-0.4, -0.2) is 34.2 Å². The molecular weight excluding hydrogens is 392 g/mol. The summed E-state index contributed by atoms with van der Waals surface area (Å²) in [6, 6.07) is 15.3. The van der Waals surface area contributed by atoms with Gasteiger partial charge < -0.3 is 19.5 Å². The van der Waals surface area contributed by atoms with Crippen molar-refractivity contribution in [3.05, 3.63) is 60.0 Å². The summed E-state index contributed by atoms with van der Waals surface area (Å²) >= 11 is 0. The molecule has 162 valence electrons. The number of amides is 2. The highest BCUT2D eigenvalue weighted by Gasteiger charge is 2.27. The van der Waals surface area contributed by atoms with Crippen molar-refractivity contribution >= 4 is 11.7 Å². The van der Waals surface area contributed by atoms with E-state index in [-0.39, 0.29) is 18.6 Å². The van der Waals surface area contributed by atoms with Gasteiger partial charge in [-0.25, -0.2) is 4.79 Å². The van der Waals surface area contributed by atoms with Gasteiger partial charge >= 0.3 is 6.03 Å². The number of ether oxygens (including phenoxy) is 1. The fourth-order valence-corrected chi connectivity index (χ4v) is 3.94. The standard InChI is InChI=1S/C24H28N4O3/c1-17-11-13-18(14-12-17)23-26-22(31-27-23)16-28(20-8-4-3-5-9-20)24(29)25-19-7-6-10-21(15-19)30-2/h6-7,10-15,20H,3-5,8-9,16H2,1-2H3,(H,25,29). The summed E-state index contributed by atoms with van der Waals surface area (Å²) in [5, 5.41) is 7.12. The first-order valence-electron chi connectivity index (χ1n) is 10.7. The number of nitrogens with one attached hydrogen (secondary N) is 1. The van der Waals surface area contributed by atoms with Crippen LogP contribution in [0.3, 0.4) is 0 Å². The molecule has 1 fully saturated rings. The van der Waals surface area contributed by atoms with Crippen molar-refractivity contribution in [2.75, 3.05) is 12.4 Å². The van der Waals surface area contributed by atoms with E-state index in [2.05, 4.69) is 15.5 Å². The molecule has 0 aliphatic heterocycles. The van der Waals surface area contributed by atoms with Gasteiger partial charge in [0.25, 0.3) is 0 Å². The second-order valence-electron chi connectivity index (χ2n) is 7.96. The van der Waals surface area contributed by atoms with Crippen LogP contribution >= 0.6 is 0 Å². The van der Waals surface area contributed by atoms with Gasteiger partial charge in [0.2, 0.25) is 11.7 Å². The van der Waals surface area contributed by atoms with E-state index in [9.17, 15) is 4.79 Å². The van der Waals surface area contributed by atoms with Crippen LogP contribution < -0.4 is 10.1 Å². The smallest absolute Gasteiger partial charge is 0.322 e. The minimum atomic E-state index is -0.171. The summed E-state index contributed by atoms with van der Waals surface area (Å²) in [6.07, 6.45) is 5.40. The van der Waals surface area contributed by atoms with Crippen LogP contribution in [-0.2, 0) is 6.54 Å². The summed E-state index contributed by atoms with van der Waals surface area (Å²) in [5.74, 6) is 1.66. The van der Waals surface area contributed by atoms with Crippen molar-refractivity contribution in [1.29, 1.82) is 0 Å². The first kappa shape index (κ1) is 20.9. The number of aromatic nitrogens is 2. The van der Waals surface area contributed by atoms with Gasteiger partial charge in [-0.3, -0.25) is 0 Å². The molecule has 7 heteroatoms. The van der Waals surface area contributed by atoms with E-state index < -0.39 is 0 Å². The van der Waals surface area contributed by atoms with E-state index in [0.717, 1.165) is 31.2 Å². The average molecular weight is 421 g/mol. The Bertz CT molecular complexity index is 1010. The number of carbonyl (C=O) groups excluding carboxylic acids is 1. The lowest BCUT2D eigenvalue weighted by Crippen LogP contribution is -2.43. The van der Waals surface area contributed by atoms with Crippen molar-refractivity contribution in [1.82, 2.24) is 15.0 Å². The number of urea groups is 1. The Labute approximate surface area is 182 Å². The molecule has 1 saturated carbocycles. The minimum absolute atomic E-state index is 0.147. The number of hydrogen-bond acceptors (Lipinski definition) is 5. The largest absolute Gasteiger partial charge is 0.497 e.